The van der Waals surface area contributed by atoms with E-state index in [1.54, 1.807) is 36.4 Å². The van der Waals surface area contributed by atoms with E-state index in [0.717, 1.165) is 11.3 Å². The largest absolute Gasteiger partial charge is 0.489 e. The average Bonchev–Trinajstić information content (AvgIpc) is 2.73. The van der Waals surface area contributed by atoms with Crippen LogP contribution in [0.5, 0.6) is 5.75 Å². The summed E-state index contributed by atoms with van der Waals surface area (Å²) < 4.78 is 5.75. The second kappa shape index (κ2) is 9.06. The first kappa shape index (κ1) is 20.1. The fourth-order valence-corrected chi connectivity index (χ4v) is 2.85. The first-order valence-electron chi connectivity index (χ1n) is 9.34. The molecule has 5 heteroatoms. The van der Waals surface area contributed by atoms with E-state index < -0.39 is 0 Å². The second-order valence-corrected chi connectivity index (χ2v) is 6.93. The monoisotopic (exact) mass is 388 g/mol. The van der Waals surface area contributed by atoms with Crippen molar-refractivity contribution in [2.45, 2.75) is 13.5 Å². The van der Waals surface area contributed by atoms with Crippen molar-refractivity contribution in [3.05, 3.63) is 89.5 Å². The third-order valence-electron chi connectivity index (χ3n) is 4.51. The van der Waals surface area contributed by atoms with Gasteiger partial charge >= 0.3 is 0 Å². The smallest absolute Gasteiger partial charge is 0.255 e. The highest BCUT2D eigenvalue weighted by atomic mass is 16.5. The van der Waals surface area contributed by atoms with Gasteiger partial charge in [-0.05, 0) is 55.0 Å². The van der Waals surface area contributed by atoms with Crippen molar-refractivity contribution in [1.82, 2.24) is 0 Å². The standard InChI is InChI=1S/C24H24N2O3/c1-17(27)22-15-20(26(2)3)11-14-23(22)25-24(28)19-9-12-21(13-10-19)29-16-18-7-5-4-6-8-18/h4-15H,16H2,1-3H3,(H,25,28). The van der Waals surface area contributed by atoms with Crippen LogP contribution in [0.15, 0.2) is 72.8 Å². The van der Waals surface area contributed by atoms with Crippen molar-refractivity contribution in [3.8, 4) is 5.75 Å². The summed E-state index contributed by atoms with van der Waals surface area (Å²) in [5.41, 5.74) is 3.44. The summed E-state index contributed by atoms with van der Waals surface area (Å²) in [7, 11) is 3.80. The second-order valence-electron chi connectivity index (χ2n) is 6.93. The zero-order valence-corrected chi connectivity index (χ0v) is 16.8. The Balaban J connectivity index is 1.68. The number of Topliss-reactive ketones (excluding diaryl/α,β-unsaturated/α-hetero) is 1. The Morgan fingerprint density at radius 1 is 0.931 bits per heavy atom. The number of hydrogen-bond acceptors (Lipinski definition) is 4. The van der Waals surface area contributed by atoms with Gasteiger partial charge in [0.15, 0.2) is 5.78 Å². The lowest BCUT2D eigenvalue weighted by atomic mass is 10.1. The van der Waals surface area contributed by atoms with Gasteiger partial charge < -0.3 is 15.0 Å². The molecule has 0 heterocycles. The van der Waals surface area contributed by atoms with Gasteiger partial charge in [0, 0.05) is 30.9 Å². The summed E-state index contributed by atoms with van der Waals surface area (Å²) in [5.74, 6) is 0.304. The normalized spacial score (nSPS) is 10.3. The van der Waals surface area contributed by atoms with E-state index in [4.69, 9.17) is 4.74 Å². The summed E-state index contributed by atoms with van der Waals surface area (Å²) >= 11 is 0. The SMILES string of the molecule is CC(=O)c1cc(N(C)C)ccc1NC(=O)c1ccc(OCc2ccccc2)cc1. The minimum atomic E-state index is -0.278. The lowest BCUT2D eigenvalue weighted by Crippen LogP contribution is -2.15. The molecule has 0 aliphatic carbocycles. The first-order chi connectivity index (χ1) is 13.9. The van der Waals surface area contributed by atoms with Crippen LogP contribution in [-0.4, -0.2) is 25.8 Å². The fourth-order valence-electron chi connectivity index (χ4n) is 2.85. The van der Waals surface area contributed by atoms with Gasteiger partial charge in [0.2, 0.25) is 0 Å². The van der Waals surface area contributed by atoms with Crippen LogP contribution in [0.25, 0.3) is 0 Å². The molecule has 5 nitrogen and oxygen atoms in total. The highest BCUT2D eigenvalue weighted by molar-refractivity contribution is 6.09. The summed E-state index contributed by atoms with van der Waals surface area (Å²) in [6, 6.07) is 22.2. The number of nitrogens with zero attached hydrogens (tertiary/aromatic N) is 1. The van der Waals surface area contributed by atoms with E-state index in [0.29, 0.717) is 29.2 Å². The van der Waals surface area contributed by atoms with E-state index in [2.05, 4.69) is 5.32 Å². The predicted molar refractivity (Wildman–Crippen MR) is 116 cm³/mol. The molecule has 1 N–H and O–H groups in total. The maximum Gasteiger partial charge on any atom is 0.255 e. The van der Waals surface area contributed by atoms with Gasteiger partial charge in [0.1, 0.15) is 12.4 Å². The molecule has 0 radical (unpaired) electrons. The molecule has 0 saturated heterocycles. The molecule has 1 amide bonds. The number of carbonyl (C=O) groups excluding carboxylic acids is 2. The van der Waals surface area contributed by atoms with Crippen LogP contribution in [0.2, 0.25) is 0 Å². The molecule has 0 saturated carbocycles. The summed E-state index contributed by atoms with van der Waals surface area (Å²) in [4.78, 5) is 26.5. The van der Waals surface area contributed by atoms with Crippen molar-refractivity contribution in [3.63, 3.8) is 0 Å². The molecular formula is C24H24N2O3. The zero-order valence-electron chi connectivity index (χ0n) is 16.8. The molecule has 0 atom stereocenters. The van der Waals surface area contributed by atoms with Gasteiger partial charge in [0.05, 0.1) is 5.69 Å². The van der Waals surface area contributed by atoms with Gasteiger partial charge in [-0.25, -0.2) is 0 Å². The van der Waals surface area contributed by atoms with Crippen molar-refractivity contribution >= 4 is 23.1 Å². The van der Waals surface area contributed by atoms with Crippen LogP contribution in [-0.2, 0) is 6.61 Å². The van der Waals surface area contributed by atoms with Crippen molar-refractivity contribution in [2.24, 2.45) is 0 Å². The third kappa shape index (κ3) is 5.23. The molecule has 29 heavy (non-hydrogen) atoms. The topological polar surface area (TPSA) is 58.6 Å². The maximum absolute atomic E-state index is 12.6. The molecule has 3 aromatic rings. The minimum Gasteiger partial charge on any atom is -0.489 e. The van der Waals surface area contributed by atoms with Crippen LogP contribution in [0.4, 0.5) is 11.4 Å². The predicted octanol–water partition coefficient (Wildman–Crippen LogP) is 4.79. The minimum absolute atomic E-state index is 0.103. The molecule has 3 rings (SSSR count). The molecule has 0 fully saturated rings. The summed E-state index contributed by atoms with van der Waals surface area (Å²) in [5, 5.41) is 2.83. The molecule has 0 spiro atoms. The molecule has 148 valence electrons. The number of ether oxygens (including phenoxy) is 1. The van der Waals surface area contributed by atoms with Gasteiger partial charge in [-0.2, -0.15) is 0 Å². The Labute approximate surface area is 170 Å². The van der Waals surface area contributed by atoms with Gasteiger partial charge in [0.25, 0.3) is 5.91 Å². The maximum atomic E-state index is 12.6. The number of amides is 1. The number of carbonyl (C=O) groups is 2. The number of hydrogen-bond donors (Lipinski definition) is 1. The number of nitrogens with one attached hydrogen (secondary N) is 1. The average molecular weight is 388 g/mol. The van der Waals surface area contributed by atoms with Crippen LogP contribution >= 0.6 is 0 Å². The molecule has 0 aromatic heterocycles. The Kier molecular flexibility index (Phi) is 6.29. The summed E-state index contributed by atoms with van der Waals surface area (Å²) in [6.45, 7) is 1.95. The van der Waals surface area contributed by atoms with E-state index in [1.165, 1.54) is 6.92 Å². The van der Waals surface area contributed by atoms with Gasteiger partial charge in [-0.1, -0.05) is 30.3 Å². The molecular weight excluding hydrogens is 364 g/mol. The van der Waals surface area contributed by atoms with E-state index >= 15 is 0 Å². The van der Waals surface area contributed by atoms with E-state index in [1.807, 2.05) is 55.4 Å². The molecule has 3 aromatic carbocycles. The van der Waals surface area contributed by atoms with Crippen molar-refractivity contribution < 1.29 is 14.3 Å². The lowest BCUT2D eigenvalue weighted by molar-refractivity contribution is 0.101. The number of anilines is 2. The number of rotatable bonds is 7. The van der Waals surface area contributed by atoms with Crippen LogP contribution in [0, 0.1) is 0 Å². The van der Waals surface area contributed by atoms with Crippen LogP contribution in [0.3, 0.4) is 0 Å². The Morgan fingerprint density at radius 2 is 1.62 bits per heavy atom. The van der Waals surface area contributed by atoms with E-state index in [-0.39, 0.29) is 11.7 Å². The Bertz CT molecular complexity index is 996. The third-order valence-corrected chi connectivity index (χ3v) is 4.51. The Hall–Kier alpha value is -3.60. The highest BCUT2D eigenvalue weighted by Gasteiger charge is 2.13. The highest BCUT2D eigenvalue weighted by Crippen LogP contribution is 2.24. The van der Waals surface area contributed by atoms with E-state index in [9.17, 15) is 9.59 Å². The molecule has 0 unspecified atom stereocenters. The van der Waals surface area contributed by atoms with Gasteiger partial charge in [-0.3, -0.25) is 9.59 Å². The Morgan fingerprint density at radius 3 is 2.24 bits per heavy atom. The zero-order chi connectivity index (χ0) is 20.8. The molecule has 0 aliphatic heterocycles. The lowest BCUT2D eigenvalue weighted by Gasteiger charge is -2.16. The van der Waals surface area contributed by atoms with Crippen molar-refractivity contribution in [1.29, 1.82) is 0 Å². The van der Waals surface area contributed by atoms with Crippen LogP contribution in [0.1, 0.15) is 33.2 Å². The number of ketones is 1. The van der Waals surface area contributed by atoms with Crippen molar-refractivity contribution in [2.75, 3.05) is 24.3 Å². The number of benzene rings is 3. The van der Waals surface area contributed by atoms with Gasteiger partial charge in [-0.15, -0.1) is 0 Å². The fraction of sp³-hybridized carbons (Fsp3) is 0.167. The molecule has 0 bridgehead atoms. The molecule has 0 aliphatic rings. The quantitative estimate of drug-likeness (QED) is 0.592. The first-order valence-corrected chi connectivity index (χ1v) is 9.34. The summed E-state index contributed by atoms with van der Waals surface area (Å²) in [6.07, 6.45) is 0. The van der Waals surface area contributed by atoms with Crippen LogP contribution < -0.4 is 15.0 Å².